The molecule has 0 atom stereocenters. The van der Waals surface area contributed by atoms with Crippen LogP contribution in [0.4, 0.5) is 11.8 Å². The number of H-pyrrole nitrogens is 1. The zero-order chi connectivity index (χ0) is 32.6. The monoisotopic (exact) mass is 635 g/mol. The Labute approximate surface area is 266 Å². The van der Waals surface area contributed by atoms with Crippen molar-refractivity contribution in [3.05, 3.63) is 56.2 Å². The molecular formula is C31H38ClN9O4. The summed E-state index contributed by atoms with van der Waals surface area (Å²) in [5.74, 6) is 0.442. The molecule has 5 heterocycles. The zero-order valence-electron chi connectivity index (χ0n) is 26.4. The number of halogens is 1. The third kappa shape index (κ3) is 6.22. The van der Waals surface area contributed by atoms with E-state index in [4.69, 9.17) is 22.1 Å². The van der Waals surface area contributed by atoms with E-state index in [1.165, 1.54) is 4.90 Å². The number of nitrogens with two attached hydrogens (primary N) is 1. The fourth-order valence-electron chi connectivity index (χ4n) is 5.98. The summed E-state index contributed by atoms with van der Waals surface area (Å²) in [4.78, 5) is 60.6. The van der Waals surface area contributed by atoms with Gasteiger partial charge >= 0.3 is 0 Å². The van der Waals surface area contributed by atoms with Crippen LogP contribution in [0.3, 0.4) is 0 Å². The smallest absolute Gasteiger partial charge is 0.260 e. The van der Waals surface area contributed by atoms with E-state index in [9.17, 15) is 14.4 Å². The molecule has 0 unspecified atom stereocenters. The maximum Gasteiger partial charge on any atom is 0.260 e. The number of anilines is 2. The van der Waals surface area contributed by atoms with Crippen LogP contribution in [-0.4, -0.2) is 93.8 Å². The number of aryl methyl sites for hydroxylation is 2. The summed E-state index contributed by atoms with van der Waals surface area (Å²) in [6.45, 7) is 13.2. The Morgan fingerprint density at radius 2 is 1.84 bits per heavy atom. The number of carbonyl (C=O) groups excluding carboxylic acids is 3. The van der Waals surface area contributed by atoms with Gasteiger partial charge in [-0.1, -0.05) is 11.6 Å². The average Bonchev–Trinajstić information content (AvgIpc) is 3.41. The summed E-state index contributed by atoms with van der Waals surface area (Å²) in [7, 11) is 1.60. The average molecular weight is 636 g/mol. The number of aromatic nitrogens is 4. The van der Waals surface area contributed by atoms with Gasteiger partial charge in [-0.05, 0) is 39.3 Å². The Bertz CT molecular complexity index is 1710. The lowest BCUT2D eigenvalue weighted by atomic mass is 10.1. The number of fused-ring (bicyclic) bond motifs is 1. The molecule has 4 N–H and O–H groups in total. The van der Waals surface area contributed by atoms with Crippen molar-refractivity contribution in [2.75, 3.05) is 57.0 Å². The van der Waals surface area contributed by atoms with Crippen LogP contribution >= 0.6 is 11.6 Å². The number of amides is 3. The van der Waals surface area contributed by atoms with Gasteiger partial charge in [-0.3, -0.25) is 29.2 Å². The van der Waals surface area contributed by atoms with E-state index in [2.05, 4.69) is 30.2 Å². The first-order valence-electron chi connectivity index (χ1n) is 14.7. The van der Waals surface area contributed by atoms with Crippen molar-refractivity contribution >= 4 is 52.7 Å². The van der Waals surface area contributed by atoms with Gasteiger partial charge in [0.15, 0.2) is 5.82 Å². The van der Waals surface area contributed by atoms with Gasteiger partial charge in [-0.15, -0.1) is 0 Å². The molecule has 0 aliphatic carbocycles. The second kappa shape index (κ2) is 12.9. The van der Waals surface area contributed by atoms with Crippen molar-refractivity contribution in [2.45, 2.75) is 41.2 Å². The van der Waals surface area contributed by atoms with E-state index in [0.29, 0.717) is 65.7 Å². The second-order valence-electron chi connectivity index (χ2n) is 11.3. The molecule has 45 heavy (non-hydrogen) atoms. The molecule has 0 aromatic carbocycles. The highest BCUT2D eigenvalue weighted by atomic mass is 35.5. The normalized spacial score (nSPS) is 16.0. The van der Waals surface area contributed by atoms with Crippen LogP contribution in [0.1, 0.15) is 56.6 Å². The summed E-state index contributed by atoms with van der Waals surface area (Å²) in [5, 5.41) is 3.06. The molecule has 3 aromatic rings. The predicted octanol–water partition coefficient (Wildman–Crippen LogP) is 2.66. The first-order valence-corrected chi connectivity index (χ1v) is 15.1. The third-order valence-electron chi connectivity index (χ3n) is 8.44. The number of nitrogens with one attached hydrogen (secondary N) is 2. The lowest BCUT2D eigenvalue weighted by Gasteiger charge is -2.34. The van der Waals surface area contributed by atoms with Crippen LogP contribution in [0, 0.1) is 27.7 Å². The fourth-order valence-corrected chi connectivity index (χ4v) is 6.25. The van der Waals surface area contributed by atoms with Gasteiger partial charge in [-0.25, -0.2) is 4.98 Å². The molecule has 1 fully saturated rings. The van der Waals surface area contributed by atoms with Crippen LogP contribution in [0.2, 0.25) is 5.15 Å². The summed E-state index contributed by atoms with van der Waals surface area (Å²) >= 11 is 6.56. The number of aromatic amines is 1. The lowest BCUT2D eigenvalue weighted by Crippen LogP contribution is -2.49. The number of rotatable bonds is 8. The van der Waals surface area contributed by atoms with Crippen LogP contribution in [0.15, 0.2) is 6.20 Å². The van der Waals surface area contributed by atoms with Gasteiger partial charge in [0.2, 0.25) is 11.9 Å². The maximum atomic E-state index is 14.0. The van der Waals surface area contributed by atoms with Gasteiger partial charge in [0.1, 0.15) is 10.9 Å². The molecule has 2 aliphatic rings. The van der Waals surface area contributed by atoms with E-state index >= 15 is 0 Å². The summed E-state index contributed by atoms with van der Waals surface area (Å²) in [6.07, 6.45) is 3.38. The topological polar surface area (TPSA) is 163 Å². The fraction of sp³-hybridized carbons (Fsp3) is 0.419. The molecule has 0 radical (unpaired) electrons. The second-order valence-corrected chi connectivity index (χ2v) is 11.7. The van der Waals surface area contributed by atoms with Crippen molar-refractivity contribution < 1.29 is 19.1 Å². The van der Waals surface area contributed by atoms with Gasteiger partial charge in [-0.2, -0.15) is 4.98 Å². The number of piperazine rings is 1. The van der Waals surface area contributed by atoms with Crippen molar-refractivity contribution in [3.8, 4) is 5.75 Å². The first kappa shape index (κ1) is 31.9. The number of hydrogen-bond acceptors (Lipinski definition) is 9. The number of nitrogens with zero attached hydrogens (tertiary/aromatic N) is 6. The van der Waals surface area contributed by atoms with Crippen LogP contribution in [-0.2, 0) is 16.1 Å². The van der Waals surface area contributed by atoms with Gasteiger partial charge in [0.25, 0.3) is 11.8 Å². The van der Waals surface area contributed by atoms with Crippen LogP contribution in [0.5, 0.6) is 5.75 Å². The van der Waals surface area contributed by atoms with E-state index < -0.39 is 0 Å². The van der Waals surface area contributed by atoms with Crippen molar-refractivity contribution in [3.63, 3.8) is 0 Å². The van der Waals surface area contributed by atoms with Crippen molar-refractivity contribution in [1.29, 1.82) is 0 Å². The summed E-state index contributed by atoms with van der Waals surface area (Å²) in [5.41, 5.74) is 11.4. The minimum atomic E-state index is -0.352. The lowest BCUT2D eigenvalue weighted by molar-refractivity contribution is -0.130. The van der Waals surface area contributed by atoms with E-state index in [0.717, 1.165) is 24.2 Å². The van der Waals surface area contributed by atoms with E-state index in [1.807, 2.05) is 32.6 Å². The van der Waals surface area contributed by atoms with Crippen molar-refractivity contribution in [2.24, 2.45) is 0 Å². The summed E-state index contributed by atoms with van der Waals surface area (Å²) < 4.78 is 5.55. The van der Waals surface area contributed by atoms with Crippen LogP contribution in [0.25, 0.3) is 11.6 Å². The SMILES string of the molecule is COc1c(C)cnc(CN2C(=O)/C(=C/c3[nH]c(C)c(C(=O)NCCN4CCN(C(C)=O)CC4)c3C)c3c(Cl)nc(N)nc32)c1C. The van der Waals surface area contributed by atoms with Gasteiger partial charge in [0.05, 0.1) is 36.0 Å². The minimum absolute atomic E-state index is 0.0498. The minimum Gasteiger partial charge on any atom is -0.496 e. The molecule has 13 nitrogen and oxygen atoms in total. The zero-order valence-corrected chi connectivity index (χ0v) is 27.1. The Balaban J connectivity index is 1.38. The molecule has 14 heteroatoms. The van der Waals surface area contributed by atoms with Gasteiger partial charge < -0.3 is 25.7 Å². The third-order valence-corrected chi connectivity index (χ3v) is 8.72. The molecule has 2 aliphatic heterocycles. The number of ether oxygens (including phenoxy) is 1. The number of methoxy groups -OCH3 is 1. The Morgan fingerprint density at radius 1 is 1.13 bits per heavy atom. The van der Waals surface area contributed by atoms with E-state index in [-0.39, 0.29) is 46.8 Å². The van der Waals surface area contributed by atoms with E-state index in [1.54, 1.807) is 26.3 Å². The largest absolute Gasteiger partial charge is 0.496 e. The Kier molecular flexibility index (Phi) is 9.12. The van der Waals surface area contributed by atoms with Crippen LogP contribution < -0.4 is 20.7 Å². The molecule has 3 aromatic heterocycles. The highest BCUT2D eigenvalue weighted by Crippen LogP contribution is 2.42. The predicted molar refractivity (Wildman–Crippen MR) is 172 cm³/mol. The number of carbonyl (C=O) groups is 3. The molecule has 1 saturated heterocycles. The Morgan fingerprint density at radius 3 is 2.51 bits per heavy atom. The molecule has 5 rings (SSSR count). The van der Waals surface area contributed by atoms with Gasteiger partial charge in [0, 0.05) is 74.9 Å². The highest BCUT2D eigenvalue weighted by Gasteiger charge is 2.38. The number of pyridine rings is 1. The quantitative estimate of drug-likeness (QED) is 0.249. The molecular weight excluding hydrogens is 598 g/mol. The molecule has 3 amide bonds. The standard InChI is InChI=1S/C31H38ClN9O4/c1-16-14-35-23(18(3)26(16)45-6)15-41-28-25(27(32)37-31(33)38-28)21(30(41)44)13-22-17(2)24(19(4)36-22)29(43)34-7-8-39-9-11-40(12-10-39)20(5)42/h13-14,36H,7-12,15H2,1-6H3,(H,34,43)(H2,33,37,38)/b21-13+. The summed E-state index contributed by atoms with van der Waals surface area (Å²) in [6, 6.07) is 0. The van der Waals surface area contributed by atoms with Crippen molar-refractivity contribution in [1.82, 2.24) is 35.1 Å². The molecule has 238 valence electrons. The number of hydrogen-bond donors (Lipinski definition) is 3. The molecule has 0 saturated carbocycles. The molecule has 0 spiro atoms. The Hall–Kier alpha value is -4.49. The highest BCUT2D eigenvalue weighted by molar-refractivity contribution is 6.41. The first-order chi connectivity index (χ1) is 21.4. The maximum absolute atomic E-state index is 14.0. The number of nitrogen functional groups attached to an aromatic ring is 1. The molecule has 0 bridgehead atoms.